The van der Waals surface area contributed by atoms with Gasteiger partial charge in [0.15, 0.2) is 0 Å². The normalized spacial score (nSPS) is 11.2. The first-order chi connectivity index (χ1) is 10.2. The van der Waals surface area contributed by atoms with Crippen molar-refractivity contribution in [2.75, 3.05) is 13.1 Å². The van der Waals surface area contributed by atoms with E-state index in [9.17, 15) is 0 Å². The van der Waals surface area contributed by atoms with Crippen molar-refractivity contribution in [3.63, 3.8) is 0 Å². The van der Waals surface area contributed by atoms with Crippen LogP contribution < -0.4 is 5.32 Å². The number of thioether (sulfide) groups is 1. The molecule has 114 valence electrons. The van der Waals surface area contributed by atoms with Gasteiger partial charge in [0.25, 0.3) is 0 Å². The fourth-order valence-electron chi connectivity index (χ4n) is 1.77. The molecule has 0 aliphatic heterocycles. The summed E-state index contributed by atoms with van der Waals surface area (Å²) in [5.41, 5.74) is 1.25. The molecule has 0 fully saturated rings. The molecule has 0 bridgehead atoms. The third-order valence-electron chi connectivity index (χ3n) is 2.87. The zero-order valence-electron chi connectivity index (χ0n) is 12.3. The molecule has 1 aromatic carbocycles. The first kappa shape index (κ1) is 16.5. The number of nitrogens with zero attached hydrogens (tertiary/aromatic N) is 4. The number of aromatic nitrogens is 4. The zero-order chi connectivity index (χ0) is 15.1. The third kappa shape index (κ3) is 5.41. The molecule has 21 heavy (non-hydrogen) atoms. The average molecular weight is 370 g/mol. The van der Waals surface area contributed by atoms with E-state index < -0.39 is 0 Å². The molecule has 1 aromatic heterocycles. The monoisotopic (exact) mass is 369 g/mol. The minimum absolute atomic E-state index is 0.656. The first-order valence-corrected chi connectivity index (χ1v) is 8.77. The lowest BCUT2D eigenvalue weighted by atomic mass is 10.2. The van der Waals surface area contributed by atoms with Crippen molar-refractivity contribution < 1.29 is 0 Å². The highest BCUT2D eigenvalue weighted by Crippen LogP contribution is 2.24. The fourth-order valence-corrected chi connectivity index (χ4v) is 3.29. The molecule has 0 saturated carbocycles. The smallest absolute Gasteiger partial charge is 0.209 e. The number of halogens is 1. The van der Waals surface area contributed by atoms with Crippen LogP contribution in [0.15, 0.2) is 33.9 Å². The largest absolute Gasteiger partial charge is 0.315 e. The SMILES string of the molecule is CC(C)CNCCn1nnnc1SCc1ccccc1Br. The lowest BCUT2D eigenvalue weighted by Crippen LogP contribution is -2.24. The lowest BCUT2D eigenvalue weighted by Gasteiger charge is -2.08. The van der Waals surface area contributed by atoms with Gasteiger partial charge in [-0.15, -0.1) is 5.10 Å². The number of hydrogen-bond acceptors (Lipinski definition) is 5. The Labute approximate surface area is 138 Å². The highest BCUT2D eigenvalue weighted by atomic mass is 79.9. The first-order valence-electron chi connectivity index (χ1n) is 7.00. The Kier molecular flexibility index (Phi) is 6.66. The van der Waals surface area contributed by atoms with Crippen molar-refractivity contribution in [1.29, 1.82) is 0 Å². The summed E-state index contributed by atoms with van der Waals surface area (Å²) in [6.07, 6.45) is 0. The molecule has 0 atom stereocenters. The number of hydrogen-bond donors (Lipinski definition) is 1. The van der Waals surface area contributed by atoms with Gasteiger partial charge in [0.05, 0.1) is 6.54 Å². The average Bonchev–Trinajstić information content (AvgIpc) is 2.90. The van der Waals surface area contributed by atoms with Crippen LogP contribution >= 0.6 is 27.7 Å². The van der Waals surface area contributed by atoms with E-state index in [1.54, 1.807) is 11.8 Å². The van der Waals surface area contributed by atoms with Crippen LogP contribution in [0.1, 0.15) is 19.4 Å². The molecule has 0 unspecified atom stereocenters. The molecule has 2 rings (SSSR count). The molecule has 0 aliphatic carbocycles. The van der Waals surface area contributed by atoms with Crippen LogP contribution in [0, 0.1) is 5.92 Å². The second-order valence-electron chi connectivity index (χ2n) is 5.16. The van der Waals surface area contributed by atoms with Gasteiger partial charge in [-0.3, -0.25) is 0 Å². The molecule has 2 aromatic rings. The lowest BCUT2D eigenvalue weighted by molar-refractivity contribution is 0.482. The summed E-state index contributed by atoms with van der Waals surface area (Å²) in [4.78, 5) is 0. The van der Waals surface area contributed by atoms with Crippen molar-refractivity contribution in [2.24, 2.45) is 5.92 Å². The molecule has 5 nitrogen and oxygen atoms in total. The highest BCUT2D eigenvalue weighted by molar-refractivity contribution is 9.10. The standard InChI is InChI=1S/C14H20BrN5S/c1-11(2)9-16-7-8-20-14(17-18-19-20)21-10-12-5-3-4-6-13(12)15/h3-6,11,16H,7-10H2,1-2H3. The molecule has 1 N–H and O–H groups in total. The Bertz CT molecular complexity index is 558. The van der Waals surface area contributed by atoms with E-state index in [1.807, 2.05) is 16.8 Å². The highest BCUT2D eigenvalue weighted by Gasteiger charge is 2.08. The van der Waals surface area contributed by atoms with E-state index in [4.69, 9.17) is 0 Å². The summed E-state index contributed by atoms with van der Waals surface area (Å²) in [6.45, 7) is 7.08. The number of benzene rings is 1. The van der Waals surface area contributed by atoms with Crippen LogP contribution in [-0.2, 0) is 12.3 Å². The molecule has 0 spiro atoms. The molecule has 0 radical (unpaired) electrons. The summed E-state index contributed by atoms with van der Waals surface area (Å²) in [6, 6.07) is 8.21. The summed E-state index contributed by atoms with van der Waals surface area (Å²) in [5.74, 6) is 1.50. The Balaban J connectivity index is 1.84. The summed E-state index contributed by atoms with van der Waals surface area (Å²) in [7, 11) is 0. The van der Waals surface area contributed by atoms with Gasteiger partial charge in [-0.05, 0) is 34.5 Å². The Morgan fingerprint density at radius 3 is 2.90 bits per heavy atom. The second-order valence-corrected chi connectivity index (χ2v) is 6.96. The van der Waals surface area contributed by atoms with Crippen LogP contribution in [-0.4, -0.2) is 33.3 Å². The fraction of sp³-hybridized carbons (Fsp3) is 0.500. The van der Waals surface area contributed by atoms with Crippen LogP contribution in [0.3, 0.4) is 0 Å². The van der Waals surface area contributed by atoms with Gasteiger partial charge in [-0.25, -0.2) is 4.68 Å². The minimum Gasteiger partial charge on any atom is -0.315 e. The van der Waals surface area contributed by atoms with E-state index in [-0.39, 0.29) is 0 Å². The summed E-state index contributed by atoms with van der Waals surface area (Å²) < 4.78 is 2.98. The zero-order valence-corrected chi connectivity index (χ0v) is 14.7. The Morgan fingerprint density at radius 1 is 1.33 bits per heavy atom. The molecular formula is C14H20BrN5S. The number of tetrazole rings is 1. The third-order valence-corrected chi connectivity index (χ3v) is 4.65. The number of nitrogens with one attached hydrogen (secondary N) is 1. The molecule has 0 amide bonds. The van der Waals surface area contributed by atoms with Gasteiger partial charge in [-0.2, -0.15) is 0 Å². The van der Waals surface area contributed by atoms with Crippen molar-refractivity contribution in [3.8, 4) is 0 Å². The van der Waals surface area contributed by atoms with Crippen LogP contribution in [0.2, 0.25) is 0 Å². The molecule has 0 aliphatic rings. The molecule has 1 heterocycles. The molecular weight excluding hydrogens is 350 g/mol. The second kappa shape index (κ2) is 8.51. The summed E-state index contributed by atoms with van der Waals surface area (Å²) >= 11 is 5.22. The maximum Gasteiger partial charge on any atom is 0.209 e. The molecule has 7 heteroatoms. The van der Waals surface area contributed by atoms with Crippen molar-refractivity contribution in [3.05, 3.63) is 34.3 Å². The van der Waals surface area contributed by atoms with E-state index in [1.165, 1.54) is 5.56 Å². The van der Waals surface area contributed by atoms with Gasteiger partial charge in [0.1, 0.15) is 0 Å². The van der Waals surface area contributed by atoms with Gasteiger partial charge in [0, 0.05) is 16.8 Å². The van der Waals surface area contributed by atoms with E-state index in [0.717, 1.165) is 35.0 Å². The van der Waals surface area contributed by atoms with Gasteiger partial charge < -0.3 is 5.32 Å². The van der Waals surface area contributed by atoms with E-state index >= 15 is 0 Å². The van der Waals surface area contributed by atoms with Crippen LogP contribution in [0.4, 0.5) is 0 Å². The van der Waals surface area contributed by atoms with Crippen molar-refractivity contribution >= 4 is 27.7 Å². The van der Waals surface area contributed by atoms with Gasteiger partial charge in [0.2, 0.25) is 5.16 Å². The maximum absolute atomic E-state index is 4.10. The van der Waals surface area contributed by atoms with Crippen molar-refractivity contribution in [2.45, 2.75) is 31.3 Å². The Hall–Kier alpha value is -0.920. The van der Waals surface area contributed by atoms with Gasteiger partial charge >= 0.3 is 0 Å². The summed E-state index contributed by atoms with van der Waals surface area (Å²) in [5, 5.41) is 16.2. The number of rotatable bonds is 8. The predicted octanol–water partition coefficient (Wildman–Crippen LogP) is 2.97. The van der Waals surface area contributed by atoms with Crippen LogP contribution in [0.5, 0.6) is 0 Å². The van der Waals surface area contributed by atoms with E-state index in [0.29, 0.717) is 5.92 Å². The predicted molar refractivity (Wildman–Crippen MR) is 89.2 cm³/mol. The van der Waals surface area contributed by atoms with Gasteiger partial charge in [-0.1, -0.05) is 59.7 Å². The van der Waals surface area contributed by atoms with E-state index in [2.05, 4.69) is 62.8 Å². The molecule has 0 saturated heterocycles. The minimum atomic E-state index is 0.656. The van der Waals surface area contributed by atoms with Crippen LogP contribution in [0.25, 0.3) is 0 Å². The Morgan fingerprint density at radius 2 is 2.14 bits per heavy atom. The topological polar surface area (TPSA) is 55.6 Å². The van der Waals surface area contributed by atoms with Crippen molar-refractivity contribution in [1.82, 2.24) is 25.5 Å². The quantitative estimate of drug-likeness (QED) is 0.572. The maximum atomic E-state index is 4.10.